The maximum atomic E-state index is 12.2. The molecule has 0 saturated heterocycles. The standard InChI is InChI=1S/C10H13N5O3S/c1-10(2,3)5-6(16)15-8(13-12-5)19-7(14-15)11-9(17)18-4/h1-4H3,(H,11,14,17). The van der Waals surface area contributed by atoms with E-state index in [-0.39, 0.29) is 10.7 Å². The molecule has 1 N–H and O–H groups in total. The van der Waals surface area contributed by atoms with Crippen LogP contribution in [-0.2, 0) is 10.2 Å². The van der Waals surface area contributed by atoms with Gasteiger partial charge in [-0.25, -0.2) is 4.79 Å². The number of nitrogens with zero attached hydrogens (tertiary/aromatic N) is 4. The minimum Gasteiger partial charge on any atom is -0.453 e. The number of anilines is 1. The van der Waals surface area contributed by atoms with E-state index in [9.17, 15) is 9.59 Å². The summed E-state index contributed by atoms with van der Waals surface area (Å²) in [6, 6.07) is 0. The van der Waals surface area contributed by atoms with Crippen molar-refractivity contribution in [1.82, 2.24) is 19.8 Å². The van der Waals surface area contributed by atoms with E-state index >= 15 is 0 Å². The summed E-state index contributed by atoms with van der Waals surface area (Å²) in [4.78, 5) is 23.6. The number of methoxy groups -OCH3 is 1. The molecule has 2 aromatic rings. The number of fused-ring (bicyclic) bond motifs is 1. The van der Waals surface area contributed by atoms with Gasteiger partial charge in [0.2, 0.25) is 10.1 Å². The highest BCUT2D eigenvalue weighted by Gasteiger charge is 2.23. The highest BCUT2D eigenvalue weighted by Crippen LogP contribution is 2.19. The predicted octanol–water partition coefficient (Wildman–Crippen LogP) is 1.02. The van der Waals surface area contributed by atoms with Crippen LogP contribution in [-0.4, -0.2) is 33.0 Å². The number of nitrogens with one attached hydrogen (secondary N) is 1. The monoisotopic (exact) mass is 283 g/mol. The van der Waals surface area contributed by atoms with Crippen LogP contribution in [0.1, 0.15) is 26.5 Å². The van der Waals surface area contributed by atoms with Gasteiger partial charge in [0.15, 0.2) is 0 Å². The average Bonchev–Trinajstić information content (AvgIpc) is 2.71. The van der Waals surface area contributed by atoms with Gasteiger partial charge in [0.05, 0.1) is 7.11 Å². The summed E-state index contributed by atoms with van der Waals surface area (Å²) in [5.41, 5.74) is -0.447. The molecule has 0 aliphatic carbocycles. The molecule has 0 atom stereocenters. The van der Waals surface area contributed by atoms with E-state index in [2.05, 4.69) is 25.3 Å². The van der Waals surface area contributed by atoms with Gasteiger partial charge < -0.3 is 4.74 Å². The second-order valence-electron chi connectivity index (χ2n) is 4.82. The van der Waals surface area contributed by atoms with Crippen molar-refractivity contribution >= 4 is 27.5 Å². The zero-order valence-electron chi connectivity index (χ0n) is 10.9. The molecule has 0 bridgehead atoms. The molecule has 0 radical (unpaired) electrons. The van der Waals surface area contributed by atoms with Crippen LogP contribution in [0.5, 0.6) is 0 Å². The molecule has 0 aliphatic rings. The van der Waals surface area contributed by atoms with E-state index in [4.69, 9.17) is 0 Å². The van der Waals surface area contributed by atoms with Crippen molar-refractivity contribution in [3.05, 3.63) is 16.0 Å². The summed E-state index contributed by atoms with van der Waals surface area (Å²) < 4.78 is 5.58. The number of amides is 1. The number of ether oxygens (including phenoxy) is 1. The lowest BCUT2D eigenvalue weighted by molar-refractivity contribution is 0.187. The van der Waals surface area contributed by atoms with Crippen LogP contribution >= 0.6 is 11.3 Å². The highest BCUT2D eigenvalue weighted by atomic mass is 32.1. The molecule has 1 amide bonds. The smallest absolute Gasteiger partial charge is 0.413 e. The number of rotatable bonds is 1. The van der Waals surface area contributed by atoms with Crippen LogP contribution in [0.25, 0.3) is 4.96 Å². The lowest BCUT2D eigenvalue weighted by Crippen LogP contribution is -2.30. The van der Waals surface area contributed by atoms with E-state index in [1.807, 2.05) is 20.8 Å². The summed E-state index contributed by atoms with van der Waals surface area (Å²) >= 11 is 1.04. The lowest BCUT2D eigenvalue weighted by Gasteiger charge is -2.14. The Labute approximate surface area is 112 Å². The first-order chi connectivity index (χ1) is 8.82. The number of hydrogen-bond acceptors (Lipinski definition) is 7. The van der Waals surface area contributed by atoms with Gasteiger partial charge in [-0.3, -0.25) is 10.1 Å². The first-order valence-corrected chi connectivity index (χ1v) is 6.26. The molecule has 8 nitrogen and oxygen atoms in total. The molecule has 0 unspecified atom stereocenters. The third kappa shape index (κ3) is 2.55. The average molecular weight is 283 g/mol. The molecular formula is C10H13N5O3S. The first-order valence-electron chi connectivity index (χ1n) is 5.45. The van der Waals surface area contributed by atoms with Gasteiger partial charge in [0.25, 0.3) is 5.56 Å². The fraction of sp³-hybridized carbons (Fsp3) is 0.500. The Morgan fingerprint density at radius 2 is 2.05 bits per heavy atom. The van der Waals surface area contributed by atoms with Crippen LogP contribution in [0.3, 0.4) is 0 Å². The Hall–Kier alpha value is -2.03. The second kappa shape index (κ2) is 4.57. The van der Waals surface area contributed by atoms with Gasteiger partial charge in [-0.1, -0.05) is 32.1 Å². The summed E-state index contributed by atoms with van der Waals surface area (Å²) in [7, 11) is 1.24. The van der Waals surface area contributed by atoms with E-state index in [0.29, 0.717) is 10.7 Å². The van der Waals surface area contributed by atoms with Gasteiger partial charge in [0, 0.05) is 5.41 Å². The minimum absolute atomic E-state index is 0.226. The molecular weight excluding hydrogens is 270 g/mol. The predicted molar refractivity (Wildman–Crippen MR) is 69.7 cm³/mol. The fourth-order valence-electron chi connectivity index (χ4n) is 1.37. The maximum Gasteiger partial charge on any atom is 0.413 e. The number of carbonyl (C=O) groups is 1. The molecule has 0 fully saturated rings. The van der Waals surface area contributed by atoms with Crippen LogP contribution in [0, 0.1) is 0 Å². The first kappa shape index (κ1) is 13.4. The maximum absolute atomic E-state index is 12.2. The molecule has 2 rings (SSSR count). The van der Waals surface area contributed by atoms with Crippen molar-refractivity contribution in [3.8, 4) is 0 Å². The molecule has 102 valence electrons. The van der Waals surface area contributed by atoms with E-state index in [1.54, 1.807) is 0 Å². The largest absolute Gasteiger partial charge is 0.453 e. The van der Waals surface area contributed by atoms with Gasteiger partial charge in [0.1, 0.15) is 5.69 Å². The molecule has 0 spiro atoms. The van der Waals surface area contributed by atoms with Crippen molar-refractivity contribution in [3.63, 3.8) is 0 Å². The third-order valence-corrected chi connectivity index (χ3v) is 3.11. The van der Waals surface area contributed by atoms with Crippen molar-refractivity contribution in [2.24, 2.45) is 0 Å². The zero-order chi connectivity index (χ0) is 14.2. The van der Waals surface area contributed by atoms with Crippen molar-refractivity contribution in [2.45, 2.75) is 26.2 Å². The third-order valence-electron chi connectivity index (χ3n) is 2.30. The molecule has 19 heavy (non-hydrogen) atoms. The summed E-state index contributed by atoms with van der Waals surface area (Å²) in [5.74, 6) is 0. The van der Waals surface area contributed by atoms with E-state index in [1.165, 1.54) is 7.11 Å². The molecule has 0 aliphatic heterocycles. The Balaban J connectivity index is 2.52. The highest BCUT2D eigenvalue weighted by molar-refractivity contribution is 7.20. The van der Waals surface area contributed by atoms with Crippen molar-refractivity contribution in [1.29, 1.82) is 0 Å². The van der Waals surface area contributed by atoms with Crippen LogP contribution in [0.4, 0.5) is 9.93 Å². The van der Waals surface area contributed by atoms with E-state index < -0.39 is 11.5 Å². The van der Waals surface area contributed by atoms with Crippen molar-refractivity contribution in [2.75, 3.05) is 12.4 Å². The quantitative estimate of drug-likeness (QED) is 0.839. The van der Waals surface area contributed by atoms with Gasteiger partial charge >= 0.3 is 6.09 Å². The number of aromatic nitrogens is 4. The molecule has 0 saturated carbocycles. The van der Waals surface area contributed by atoms with Crippen LogP contribution in [0.2, 0.25) is 0 Å². The van der Waals surface area contributed by atoms with Gasteiger partial charge in [-0.2, -0.15) is 4.52 Å². The van der Waals surface area contributed by atoms with Crippen LogP contribution < -0.4 is 10.9 Å². The summed E-state index contributed by atoms with van der Waals surface area (Å²) in [5, 5.41) is 14.5. The normalized spacial score (nSPS) is 11.6. The summed E-state index contributed by atoms with van der Waals surface area (Å²) in [6.07, 6.45) is -0.656. The van der Waals surface area contributed by atoms with Crippen LogP contribution in [0.15, 0.2) is 4.79 Å². The van der Waals surface area contributed by atoms with Crippen molar-refractivity contribution < 1.29 is 9.53 Å². The Morgan fingerprint density at radius 3 is 2.63 bits per heavy atom. The Kier molecular flexibility index (Phi) is 3.23. The number of hydrogen-bond donors (Lipinski definition) is 1. The fourth-order valence-corrected chi connectivity index (χ4v) is 2.10. The summed E-state index contributed by atoms with van der Waals surface area (Å²) in [6.45, 7) is 5.60. The topological polar surface area (TPSA) is 98.5 Å². The molecule has 2 aromatic heterocycles. The zero-order valence-corrected chi connectivity index (χ0v) is 11.7. The SMILES string of the molecule is COC(=O)Nc1nn2c(=O)c(C(C)(C)C)nnc2s1. The van der Waals surface area contributed by atoms with Gasteiger partial charge in [-0.15, -0.1) is 15.3 Å². The van der Waals surface area contributed by atoms with E-state index in [0.717, 1.165) is 15.9 Å². The Bertz CT molecular complexity index is 685. The number of carbonyl (C=O) groups excluding carboxylic acids is 1. The lowest BCUT2D eigenvalue weighted by atomic mass is 9.93. The van der Waals surface area contributed by atoms with Gasteiger partial charge in [-0.05, 0) is 0 Å². The molecule has 2 heterocycles. The Morgan fingerprint density at radius 1 is 1.37 bits per heavy atom. The second-order valence-corrected chi connectivity index (χ2v) is 5.78. The minimum atomic E-state index is -0.656. The molecule has 0 aromatic carbocycles. The molecule has 9 heteroatoms.